The highest BCUT2D eigenvalue weighted by molar-refractivity contribution is 6.09. The third-order valence-corrected chi connectivity index (χ3v) is 5.58. The Morgan fingerprint density at radius 1 is 1.03 bits per heavy atom. The van der Waals surface area contributed by atoms with Crippen molar-refractivity contribution >= 4 is 17.8 Å². The molecule has 158 valence electrons. The summed E-state index contributed by atoms with van der Waals surface area (Å²) in [6.07, 6.45) is 0. The third-order valence-electron chi connectivity index (χ3n) is 5.58. The predicted molar refractivity (Wildman–Crippen MR) is 116 cm³/mol. The first-order chi connectivity index (χ1) is 14.0. The van der Waals surface area contributed by atoms with Crippen LogP contribution in [-0.2, 0) is 27.1 Å². The van der Waals surface area contributed by atoms with Crippen molar-refractivity contribution in [3.63, 3.8) is 0 Å². The van der Waals surface area contributed by atoms with E-state index in [0.717, 1.165) is 16.0 Å². The van der Waals surface area contributed by atoms with Crippen molar-refractivity contribution in [1.82, 2.24) is 15.1 Å². The molecule has 0 saturated carbocycles. The van der Waals surface area contributed by atoms with Crippen LogP contribution in [0.15, 0.2) is 54.6 Å². The molecule has 1 heterocycles. The quantitative estimate of drug-likeness (QED) is 0.773. The molecule has 1 aliphatic heterocycles. The molecule has 1 saturated heterocycles. The second-order valence-corrected chi connectivity index (χ2v) is 9.01. The van der Waals surface area contributed by atoms with Gasteiger partial charge in [0.05, 0.1) is 0 Å². The Bertz CT molecular complexity index is 948. The number of hydrogen-bond donors (Lipinski definition) is 1. The van der Waals surface area contributed by atoms with Gasteiger partial charge >= 0.3 is 6.03 Å². The van der Waals surface area contributed by atoms with Gasteiger partial charge in [-0.3, -0.25) is 14.5 Å². The second-order valence-electron chi connectivity index (χ2n) is 9.01. The molecule has 4 amide bonds. The maximum absolute atomic E-state index is 13.1. The Morgan fingerprint density at radius 3 is 2.20 bits per heavy atom. The van der Waals surface area contributed by atoms with Crippen LogP contribution in [0, 0.1) is 0 Å². The third kappa shape index (κ3) is 4.22. The highest BCUT2D eigenvalue weighted by atomic mass is 16.2. The van der Waals surface area contributed by atoms with Gasteiger partial charge in [-0.25, -0.2) is 4.79 Å². The van der Waals surface area contributed by atoms with E-state index < -0.39 is 17.5 Å². The molecule has 0 radical (unpaired) electrons. The van der Waals surface area contributed by atoms with Crippen molar-refractivity contribution in [2.75, 3.05) is 13.6 Å². The summed E-state index contributed by atoms with van der Waals surface area (Å²) in [4.78, 5) is 40.8. The van der Waals surface area contributed by atoms with Crippen LogP contribution in [-0.4, -0.2) is 41.2 Å². The molecule has 1 fully saturated rings. The first kappa shape index (κ1) is 21.6. The molecule has 2 aromatic carbocycles. The van der Waals surface area contributed by atoms with E-state index in [0.29, 0.717) is 12.1 Å². The lowest BCUT2D eigenvalue weighted by Gasteiger charge is -2.25. The first-order valence-corrected chi connectivity index (χ1v) is 10.1. The monoisotopic (exact) mass is 407 g/mol. The summed E-state index contributed by atoms with van der Waals surface area (Å²) in [6, 6.07) is 16.7. The number of imide groups is 1. The first-order valence-electron chi connectivity index (χ1n) is 10.1. The van der Waals surface area contributed by atoms with Gasteiger partial charge in [0.25, 0.3) is 5.91 Å². The zero-order chi connectivity index (χ0) is 22.1. The Kier molecular flexibility index (Phi) is 5.70. The van der Waals surface area contributed by atoms with Crippen molar-refractivity contribution < 1.29 is 14.4 Å². The molecule has 0 aliphatic carbocycles. The Hall–Kier alpha value is -3.15. The highest BCUT2D eigenvalue weighted by Gasteiger charge is 2.49. The number of nitrogens with one attached hydrogen (secondary N) is 1. The fourth-order valence-electron chi connectivity index (χ4n) is 3.54. The van der Waals surface area contributed by atoms with E-state index in [1.165, 1.54) is 4.90 Å². The summed E-state index contributed by atoms with van der Waals surface area (Å²) in [6.45, 7) is 8.15. The van der Waals surface area contributed by atoms with Crippen LogP contribution in [0.5, 0.6) is 0 Å². The molecule has 3 rings (SSSR count). The van der Waals surface area contributed by atoms with Crippen LogP contribution in [0.2, 0.25) is 0 Å². The predicted octanol–water partition coefficient (Wildman–Crippen LogP) is 3.41. The summed E-state index contributed by atoms with van der Waals surface area (Å²) < 4.78 is 0. The number of carbonyl (C=O) groups excluding carboxylic acids is 3. The molecule has 0 aromatic heterocycles. The smallest absolute Gasteiger partial charge is 0.325 e. The summed E-state index contributed by atoms with van der Waals surface area (Å²) in [7, 11) is 1.66. The number of nitrogens with zero attached hydrogens (tertiary/aromatic N) is 2. The molecule has 1 aliphatic rings. The zero-order valence-corrected chi connectivity index (χ0v) is 18.2. The molecule has 6 nitrogen and oxygen atoms in total. The zero-order valence-electron chi connectivity index (χ0n) is 18.2. The average molecular weight is 408 g/mol. The molecule has 0 spiro atoms. The molecule has 2 aromatic rings. The van der Waals surface area contributed by atoms with Crippen molar-refractivity contribution in [2.45, 2.75) is 45.2 Å². The van der Waals surface area contributed by atoms with E-state index in [2.05, 4.69) is 26.1 Å². The van der Waals surface area contributed by atoms with E-state index in [-0.39, 0.29) is 17.9 Å². The Morgan fingerprint density at radius 2 is 1.63 bits per heavy atom. The lowest BCUT2D eigenvalue weighted by molar-refractivity contribution is -0.138. The van der Waals surface area contributed by atoms with Crippen LogP contribution < -0.4 is 5.32 Å². The molecule has 30 heavy (non-hydrogen) atoms. The summed E-state index contributed by atoms with van der Waals surface area (Å²) >= 11 is 0. The van der Waals surface area contributed by atoms with Gasteiger partial charge in [0.2, 0.25) is 5.91 Å². The summed E-state index contributed by atoms with van der Waals surface area (Å²) in [5.74, 6) is -0.716. The fraction of sp³-hybridized carbons (Fsp3) is 0.375. The lowest BCUT2D eigenvalue weighted by atomic mass is 9.84. The van der Waals surface area contributed by atoms with Crippen LogP contribution in [0.4, 0.5) is 4.79 Å². The van der Waals surface area contributed by atoms with E-state index >= 15 is 0 Å². The topological polar surface area (TPSA) is 69.7 Å². The minimum absolute atomic E-state index is 0.00976. The van der Waals surface area contributed by atoms with Crippen molar-refractivity contribution in [1.29, 1.82) is 0 Å². The molecule has 1 N–H and O–H groups in total. The van der Waals surface area contributed by atoms with Crippen LogP contribution in [0.3, 0.4) is 0 Å². The van der Waals surface area contributed by atoms with Gasteiger partial charge in [0.15, 0.2) is 0 Å². The second kappa shape index (κ2) is 7.94. The lowest BCUT2D eigenvalue weighted by Crippen LogP contribution is -2.43. The van der Waals surface area contributed by atoms with Gasteiger partial charge in [-0.15, -0.1) is 0 Å². The fourth-order valence-corrected chi connectivity index (χ4v) is 3.54. The van der Waals surface area contributed by atoms with Crippen molar-refractivity contribution in [2.24, 2.45) is 0 Å². The number of hydrogen-bond acceptors (Lipinski definition) is 3. The van der Waals surface area contributed by atoms with Gasteiger partial charge in [0.1, 0.15) is 12.1 Å². The highest BCUT2D eigenvalue weighted by Crippen LogP contribution is 2.31. The summed E-state index contributed by atoms with van der Waals surface area (Å²) in [5.41, 5.74) is 1.62. The number of urea groups is 1. The molecule has 1 atom stereocenters. The number of carbonyl (C=O) groups is 3. The van der Waals surface area contributed by atoms with Gasteiger partial charge < -0.3 is 10.2 Å². The summed E-state index contributed by atoms with van der Waals surface area (Å²) in [5, 5.41) is 2.77. The Labute approximate surface area is 177 Å². The number of likely N-dealkylation sites (N-methyl/N-ethyl adjacent to an activating group) is 1. The largest absolute Gasteiger partial charge is 0.340 e. The average Bonchev–Trinajstić information content (AvgIpc) is 2.92. The number of amides is 4. The van der Waals surface area contributed by atoms with E-state index in [4.69, 9.17) is 0 Å². The van der Waals surface area contributed by atoms with Crippen LogP contribution in [0.25, 0.3) is 0 Å². The molecule has 6 heteroatoms. The van der Waals surface area contributed by atoms with E-state index in [9.17, 15) is 14.4 Å². The van der Waals surface area contributed by atoms with E-state index in [1.54, 1.807) is 14.0 Å². The molecule has 0 bridgehead atoms. The Balaban J connectivity index is 1.73. The van der Waals surface area contributed by atoms with Gasteiger partial charge in [-0.1, -0.05) is 75.4 Å². The van der Waals surface area contributed by atoms with Crippen molar-refractivity contribution in [3.05, 3.63) is 71.3 Å². The SMILES string of the molecule is CN(Cc1ccccc1)C(=O)CN1C(=O)N[C@](C)(c2ccc(C(C)(C)C)cc2)C1=O. The maximum Gasteiger partial charge on any atom is 0.325 e. The van der Waals surface area contributed by atoms with Crippen LogP contribution in [0.1, 0.15) is 44.4 Å². The maximum atomic E-state index is 13.1. The number of benzene rings is 2. The minimum Gasteiger partial charge on any atom is -0.340 e. The minimum atomic E-state index is -1.19. The molecular weight excluding hydrogens is 378 g/mol. The van der Waals surface area contributed by atoms with Gasteiger partial charge in [0, 0.05) is 13.6 Å². The van der Waals surface area contributed by atoms with Crippen molar-refractivity contribution in [3.8, 4) is 0 Å². The van der Waals surface area contributed by atoms with Gasteiger partial charge in [-0.2, -0.15) is 0 Å². The number of rotatable bonds is 5. The standard InChI is InChI=1S/C24H29N3O3/c1-23(2,3)18-11-13-19(14-12-18)24(4)21(29)27(22(30)25-24)16-20(28)26(5)15-17-9-7-6-8-10-17/h6-14H,15-16H2,1-5H3,(H,25,30)/t24-/m1/s1. The molecular formula is C24H29N3O3. The van der Waals surface area contributed by atoms with Gasteiger partial charge in [-0.05, 0) is 29.0 Å². The molecule has 0 unspecified atom stereocenters. The van der Waals surface area contributed by atoms with Crippen LogP contribution >= 0.6 is 0 Å². The normalized spacial score (nSPS) is 19.0. The van der Waals surface area contributed by atoms with E-state index in [1.807, 2.05) is 54.6 Å².